The molecule has 0 bridgehead atoms. The molecule has 0 unspecified atom stereocenters. The van der Waals surface area contributed by atoms with Gasteiger partial charge in [-0.05, 0) is 42.8 Å². The lowest BCUT2D eigenvalue weighted by Crippen LogP contribution is -2.22. The van der Waals surface area contributed by atoms with Gasteiger partial charge < -0.3 is 0 Å². The lowest BCUT2D eigenvalue weighted by atomic mass is 10.0. The third-order valence-electron chi connectivity index (χ3n) is 5.67. The number of benzene rings is 1. The quantitative estimate of drug-likeness (QED) is 0.386. The second-order valence-electron chi connectivity index (χ2n) is 7.77. The van der Waals surface area contributed by atoms with E-state index in [9.17, 15) is 23.2 Å². The van der Waals surface area contributed by atoms with Gasteiger partial charge in [0.2, 0.25) is 0 Å². The number of hydrogen-bond acceptors (Lipinski definition) is 5. The van der Waals surface area contributed by atoms with Crippen LogP contribution < -0.4 is 5.69 Å². The SMILES string of the molecule is Cc1nc(C(F)(F)F)ccc1-n1c(=O)n(C)c2cnc3ccc(-c4cncc(C#N)c4)cc3c21. The highest BCUT2D eigenvalue weighted by atomic mass is 19.4. The van der Waals surface area contributed by atoms with Gasteiger partial charge in [-0.3, -0.25) is 19.1 Å². The molecule has 5 aromatic rings. The summed E-state index contributed by atoms with van der Waals surface area (Å²) in [5.41, 5.74) is 2.30. The van der Waals surface area contributed by atoms with E-state index in [0.29, 0.717) is 33.1 Å². The van der Waals surface area contributed by atoms with Crippen molar-refractivity contribution in [1.82, 2.24) is 24.1 Å². The Hall–Kier alpha value is -4.52. The van der Waals surface area contributed by atoms with E-state index >= 15 is 0 Å². The Labute approximate surface area is 190 Å². The minimum absolute atomic E-state index is 0.0662. The van der Waals surface area contributed by atoms with Crippen molar-refractivity contribution in [3.63, 3.8) is 0 Å². The van der Waals surface area contributed by atoms with Crippen LogP contribution >= 0.6 is 0 Å². The van der Waals surface area contributed by atoms with Crippen LogP contribution in [0.1, 0.15) is 17.0 Å². The molecule has 0 aliphatic heterocycles. The zero-order valence-electron chi connectivity index (χ0n) is 17.9. The first-order valence-electron chi connectivity index (χ1n) is 10.1. The molecule has 0 spiro atoms. The molecule has 0 amide bonds. The van der Waals surface area contributed by atoms with Gasteiger partial charge in [0.25, 0.3) is 0 Å². The molecule has 0 N–H and O–H groups in total. The number of aromatic nitrogens is 5. The van der Waals surface area contributed by atoms with E-state index in [1.807, 2.05) is 12.1 Å². The van der Waals surface area contributed by atoms with Crippen LogP contribution in [0, 0.1) is 18.3 Å². The molecule has 10 heteroatoms. The molecule has 0 fully saturated rings. The third kappa shape index (κ3) is 3.29. The van der Waals surface area contributed by atoms with Crippen molar-refractivity contribution in [3.05, 3.63) is 82.4 Å². The first kappa shape index (κ1) is 21.3. The molecule has 0 aliphatic carbocycles. The predicted molar refractivity (Wildman–Crippen MR) is 119 cm³/mol. The van der Waals surface area contributed by atoms with Crippen molar-refractivity contribution in [2.24, 2.45) is 7.05 Å². The van der Waals surface area contributed by atoms with Gasteiger partial charge in [0, 0.05) is 30.4 Å². The Balaban J connectivity index is 1.83. The van der Waals surface area contributed by atoms with Crippen molar-refractivity contribution in [1.29, 1.82) is 5.26 Å². The molecular formula is C24H15F3N6O. The molecule has 4 heterocycles. The standard InChI is InChI=1S/C24H15F3N6O/c1-13-19(5-6-21(31-13)24(25,26)27)33-22-17-8-15(16-7-14(9-28)10-29-11-16)3-4-18(17)30-12-20(22)32(2)23(33)34/h3-8,10-12H,1-2H3. The van der Waals surface area contributed by atoms with Gasteiger partial charge in [0.05, 0.1) is 39.7 Å². The first-order valence-corrected chi connectivity index (χ1v) is 10.1. The number of rotatable bonds is 2. The number of aryl methyl sites for hydroxylation is 2. The van der Waals surface area contributed by atoms with Gasteiger partial charge in [-0.2, -0.15) is 18.4 Å². The molecule has 0 saturated heterocycles. The van der Waals surface area contributed by atoms with Gasteiger partial charge in [-0.25, -0.2) is 9.78 Å². The number of fused-ring (bicyclic) bond motifs is 3. The summed E-state index contributed by atoms with van der Waals surface area (Å²) in [5, 5.41) is 9.82. The first-order chi connectivity index (χ1) is 16.2. The highest BCUT2D eigenvalue weighted by Crippen LogP contribution is 2.32. The van der Waals surface area contributed by atoms with E-state index in [1.54, 1.807) is 31.6 Å². The number of pyridine rings is 3. The molecule has 7 nitrogen and oxygen atoms in total. The lowest BCUT2D eigenvalue weighted by Gasteiger charge is -2.12. The summed E-state index contributed by atoms with van der Waals surface area (Å²) in [6, 6.07) is 11.3. The number of halogens is 3. The van der Waals surface area contributed by atoms with Gasteiger partial charge >= 0.3 is 11.9 Å². The monoisotopic (exact) mass is 460 g/mol. The van der Waals surface area contributed by atoms with E-state index in [1.165, 1.54) is 28.3 Å². The van der Waals surface area contributed by atoms with Crippen LogP contribution in [0.3, 0.4) is 0 Å². The fraction of sp³-hybridized carbons (Fsp3) is 0.125. The number of alkyl halides is 3. The Morgan fingerprint density at radius 1 is 1.03 bits per heavy atom. The highest BCUT2D eigenvalue weighted by molar-refractivity contribution is 6.04. The smallest absolute Gasteiger partial charge is 0.293 e. The van der Waals surface area contributed by atoms with Crippen LogP contribution in [0.4, 0.5) is 13.2 Å². The van der Waals surface area contributed by atoms with Crippen molar-refractivity contribution >= 4 is 21.9 Å². The minimum Gasteiger partial charge on any atom is -0.293 e. The summed E-state index contributed by atoms with van der Waals surface area (Å²) >= 11 is 0. The molecule has 34 heavy (non-hydrogen) atoms. The van der Waals surface area contributed by atoms with E-state index in [0.717, 1.165) is 11.6 Å². The van der Waals surface area contributed by atoms with Gasteiger partial charge in [0.15, 0.2) is 0 Å². The maximum absolute atomic E-state index is 13.2. The Kier molecular flexibility index (Phi) is 4.72. The fourth-order valence-electron chi connectivity index (χ4n) is 4.01. The average molecular weight is 460 g/mol. The van der Waals surface area contributed by atoms with Gasteiger partial charge in [0.1, 0.15) is 11.8 Å². The van der Waals surface area contributed by atoms with Gasteiger partial charge in [-0.15, -0.1) is 0 Å². The molecule has 4 aromatic heterocycles. The fourth-order valence-corrected chi connectivity index (χ4v) is 4.01. The highest BCUT2D eigenvalue weighted by Gasteiger charge is 2.33. The molecular weight excluding hydrogens is 445 g/mol. The normalized spacial score (nSPS) is 11.8. The maximum Gasteiger partial charge on any atom is 0.433 e. The van der Waals surface area contributed by atoms with Gasteiger partial charge in [-0.1, -0.05) is 6.07 Å². The van der Waals surface area contributed by atoms with E-state index < -0.39 is 17.6 Å². The van der Waals surface area contributed by atoms with Crippen LogP contribution in [-0.2, 0) is 13.2 Å². The Morgan fingerprint density at radius 2 is 1.82 bits per heavy atom. The Bertz CT molecular complexity index is 1710. The van der Waals surface area contributed by atoms with Crippen LogP contribution in [0.2, 0.25) is 0 Å². The second kappa shape index (κ2) is 7.52. The summed E-state index contributed by atoms with van der Waals surface area (Å²) in [7, 11) is 1.58. The van der Waals surface area contributed by atoms with Crippen molar-refractivity contribution < 1.29 is 13.2 Å². The lowest BCUT2D eigenvalue weighted by molar-refractivity contribution is -0.141. The number of imidazole rings is 1. The van der Waals surface area contributed by atoms with E-state index in [-0.39, 0.29) is 11.4 Å². The summed E-state index contributed by atoms with van der Waals surface area (Å²) in [6.45, 7) is 1.43. The zero-order valence-corrected chi connectivity index (χ0v) is 17.9. The third-order valence-corrected chi connectivity index (χ3v) is 5.67. The van der Waals surface area contributed by atoms with Crippen molar-refractivity contribution in [2.75, 3.05) is 0 Å². The molecule has 0 aliphatic rings. The zero-order chi connectivity index (χ0) is 24.2. The maximum atomic E-state index is 13.2. The van der Waals surface area contributed by atoms with Crippen LogP contribution in [0.5, 0.6) is 0 Å². The predicted octanol–water partition coefficient (Wildman–Crippen LogP) is 4.53. The van der Waals surface area contributed by atoms with Crippen molar-refractivity contribution in [3.8, 4) is 22.9 Å². The van der Waals surface area contributed by atoms with Crippen LogP contribution in [0.25, 0.3) is 38.8 Å². The van der Waals surface area contributed by atoms with E-state index in [4.69, 9.17) is 0 Å². The van der Waals surface area contributed by atoms with E-state index in [2.05, 4.69) is 21.0 Å². The molecule has 0 saturated carbocycles. The summed E-state index contributed by atoms with van der Waals surface area (Å²) in [6.07, 6.45) is 0.0432. The van der Waals surface area contributed by atoms with Crippen LogP contribution in [0.15, 0.2) is 59.8 Å². The second-order valence-corrected chi connectivity index (χ2v) is 7.77. The molecule has 168 valence electrons. The summed E-state index contributed by atoms with van der Waals surface area (Å²) in [5.74, 6) is 0. The minimum atomic E-state index is -4.59. The summed E-state index contributed by atoms with van der Waals surface area (Å²) < 4.78 is 42.2. The molecule has 0 atom stereocenters. The average Bonchev–Trinajstić information content (AvgIpc) is 3.08. The largest absolute Gasteiger partial charge is 0.433 e. The molecule has 1 aromatic carbocycles. The summed E-state index contributed by atoms with van der Waals surface area (Å²) in [4.78, 5) is 25.5. The number of hydrogen-bond donors (Lipinski definition) is 0. The van der Waals surface area contributed by atoms with Crippen LogP contribution in [-0.4, -0.2) is 24.1 Å². The number of nitriles is 1. The molecule has 5 rings (SSSR count). The topological polar surface area (TPSA) is 89.4 Å². The molecule has 0 radical (unpaired) electrons. The Morgan fingerprint density at radius 3 is 2.53 bits per heavy atom. The van der Waals surface area contributed by atoms with Crippen molar-refractivity contribution in [2.45, 2.75) is 13.1 Å². The number of nitrogens with zero attached hydrogens (tertiary/aromatic N) is 6.